The molecule has 0 aliphatic rings. The molecule has 0 saturated carbocycles. The molecule has 0 fully saturated rings. The maximum Gasteiger partial charge on any atom is 0.0462 e. The van der Waals surface area contributed by atoms with E-state index in [2.05, 4.69) is 128 Å². The van der Waals surface area contributed by atoms with Gasteiger partial charge in [-0.25, -0.2) is 0 Å². The van der Waals surface area contributed by atoms with Crippen molar-refractivity contribution in [1.29, 1.82) is 0 Å². The lowest BCUT2D eigenvalue weighted by Gasteiger charge is -2.25. The van der Waals surface area contributed by atoms with Crippen LogP contribution in [0.3, 0.4) is 0 Å². The predicted molar refractivity (Wildman–Crippen MR) is 132 cm³/mol. The summed E-state index contributed by atoms with van der Waals surface area (Å²) in [6.45, 7) is 0. The highest BCUT2D eigenvalue weighted by atomic mass is 79.9. The molecule has 0 N–H and O–H groups in total. The monoisotopic (exact) mass is 503 g/mol. The van der Waals surface area contributed by atoms with Crippen LogP contribution >= 0.6 is 31.9 Å². The second-order valence-corrected chi connectivity index (χ2v) is 8.37. The molecule has 0 unspecified atom stereocenters. The third kappa shape index (κ3) is 4.87. The molecule has 0 amide bonds. The fraction of sp³-hybridized carbons (Fsp3) is 0. The van der Waals surface area contributed by atoms with E-state index in [0.717, 1.165) is 37.1 Å². The molecular formula is C26H19Br2N. The van der Waals surface area contributed by atoms with Gasteiger partial charge in [-0.3, -0.25) is 0 Å². The van der Waals surface area contributed by atoms with Crippen LogP contribution in [-0.4, -0.2) is 0 Å². The van der Waals surface area contributed by atoms with Crippen LogP contribution in [0.15, 0.2) is 112 Å². The van der Waals surface area contributed by atoms with Crippen LogP contribution in [0.1, 0.15) is 11.1 Å². The van der Waals surface area contributed by atoms with E-state index >= 15 is 0 Å². The first-order chi connectivity index (χ1) is 14.2. The fourth-order valence-corrected chi connectivity index (χ4v) is 3.92. The normalized spacial score (nSPS) is 11.0. The lowest BCUT2D eigenvalue weighted by molar-refractivity contribution is 1.28. The van der Waals surface area contributed by atoms with E-state index in [9.17, 15) is 0 Å². The smallest absolute Gasteiger partial charge is 0.0462 e. The Morgan fingerprint density at radius 1 is 0.552 bits per heavy atom. The molecule has 0 heterocycles. The minimum absolute atomic E-state index is 1.07. The first-order valence-corrected chi connectivity index (χ1v) is 10.9. The molecule has 0 spiro atoms. The molecule has 29 heavy (non-hydrogen) atoms. The Kier molecular flexibility index (Phi) is 6.28. The molecule has 0 aromatic heterocycles. The number of halogens is 2. The van der Waals surface area contributed by atoms with Gasteiger partial charge in [-0.15, -0.1) is 0 Å². The topological polar surface area (TPSA) is 3.24 Å². The molecule has 0 atom stereocenters. The van der Waals surface area contributed by atoms with Gasteiger partial charge in [0, 0.05) is 26.0 Å². The van der Waals surface area contributed by atoms with Gasteiger partial charge in [0.25, 0.3) is 0 Å². The summed E-state index contributed by atoms with van der Waals surface area (Å²) in [5.74, 6) is 0. The number of rotatable bonds is 5. The standard InChI is InChI=1S/C26H19Br2N/c27-22-15-18-26(28)21(19-22)14-11-20-12-16-25(17-13-20)29(23-7-3-1-4-8-23)24-9-5-2-6-10-24/h1-19H. The van der Waals surface area contributed by atoms with Crippen molar-refractivity contribution in [3.63, 3.8) is 0 Å². The molecule has 142 valence electrons. The second-order valence-electron chi connectivity index (χ2n) is 6.60. The van der Waals surface area contributed by atoms with Crippen molar-refractivity contribution < 1.29 is 0 Å². The lowest BCUT2D eigenvalue weighted by atomic mass is 10.1. The van der Waals surface area contributed by atoms with E-state index in [-0.39, 0.29) is 0 Å². The molecule has 1 nitrogen and oxygen atoms in total. The first-order valence-electron chi connectivity index (χ1n) is 9.34. The van der Waals surface area contributed by atoms with Crippen LogP contribution in [0.5, 0.6) is 0 Å². The molecule has 0 bridgehead atoms. The summed E-state index contributed by atoms with van der Waals surface area (Å²) in [4.78, 5) is 2.26. The van der Waals surface area contributed by atoms with E-state index in [1.165, 1.54) is 0 Å². The zero-order valence-electron chi connectivity index (χ0n) is 15.7. The van der Waals surface area contributed by atoms with E-state index in [4.69, 9.17) is 0 Å². The van der Waals surface area contributed by atoms with Crippen molar-refractivity contribution in [1.82, 2.24) is 0 Å². The summed E-state index contributed by atoms with van der Waals surface area (Å²) in [7, 11) is 0. The van der Waals surface area contributed by atoms with Crippen molar-refractivity contribution in [3.05, 3.63) is 123 Å². The first kappa shape index (κ1) is 19.7. The van der Waals surface area contributed by atoms with Crippen molar-refractivity contribution in [2.45, 2.75) is 0 Å². The lowest BCUT2D eigenvalue weighted by Crippen LogP contribution is -2.09. The van der Waals surface area contributed by atoms with Crippen LogP contribution in [0.2, 0.25) is 0 Å². The number of hydrogen-bond donors (Lipinski definition) is 0. The summed E-state index contributed by atoms with van der Waals surface area (Å²) < 4.78 is 2.14. The quantitative estimate of drug-likeness (QED) is 0.245. The maximum atomic E-state index is 3.61. The summed E-state index contributed by atoms with van der Waals surface area (Å²) in [6, 6.07) is 35.7. The largest absolute Gasteiger partial charge is 0.311 e. The fourth-order valence-electron chi connectivity index (χ4n) is 3.16. The summed E-state index contributed by atoms with van der Waals surface area (Å²) in [5, 5.41) is 0. The Morgan fingerprint density at radius 2 is 1.10 bits per heavy atom. The number of para-hydroxylation sites is 2. The second kappa shape index (κ2) is 9.25. The molecule has 3 heteroatoms. The third-order valence-electron chi connectivity index (χ3n) is 4.59. The van der Waals surface area contributed by atoms with Gasteiger partial charge in [-0.05, 0) is 65.7 Å². The highest BCUT2D eigenvalue weighted by Gasteiger charge is 2.11. The Hall–Kier alpha value is -2.62. The number of nitrogens with zero attached hydrogens (tertiary/aromatic N) is 1. The van der Waals surface area contributed by atoms with Gasteiger partial charge in [0.2, 0.25) is 0 Å². The van der Waals surface area contributed by atoms with Gasteiger partial charge in [0.15, 0.2) is 0 Å². The van der Waals surface area contributed by atoms with Gasteiger partial charge in [0.05, 0.1) is 0 Å². The molecule has 0 aliphatic carbocycles. The zero-order valence-corrected chi connectivity index (χ0v) is 18.8. The van der Waals surface area contributed by atoms with Gasteiger partial charge < -0.3 is 4.90 Å². The van der Waals surface area contributed by atoms with Crippen LogP contribution < -0.4 is 4.90 Å². The van der Waals surface area contributed by atoms with Crippen LogP contribution in [0.4, 0.5) is 17.1 Å². The van der Waals surface area contributed by atoms with Gasteiger partial charge in [0.1, 0.15) is 0 Å². The SMILES string of the molecule is Brc1ccc(Br)c(C=Cc2ccc(N(c3ccccc3)c3ccccc3)cc2)c1. The number of benzene rings is 4. The minimum Gasteiger partial charge on any atom is -0.311 e. The predicted octanol–water partition coefficient (Wildman–Crippen LogP) is 8.85. The van der Waals surface area contributed by atoms with Crippen molar-refractivity contribution in [2.24, 2.45) is 0 Å². The van der Waals surface area contributed by atoms with Crippen molar-refractivity contribution in [3.8, 4) is 0 Å². The van der Waals surface area contributed by atoms with Crippen LogP contribution in [-0.2, 0) is 0 Å². The Balaban J connectivity index is 1.64. The third-order valence-corrected chi connectivity index (χ3v) is 5.81. The van der Waals surface area contributed by atoms with Crippen molar-refractivity contribution >= 4 is 61.1 Å². The number of hydrogen-bond acceptors (Lipinski definition) is 1. The Morgan fingerprint density at radius 3 is 1.69 bits per heavy atom. The number of anilines is 3. The average molecular weight is 505 g/mol. The molecular weight excluding hydrogens is 486 g/mol. The van der Waals surface area contributed by atoms with E-state index in [0.29, 0.717) is 0 Å². The summed E-state index contributed by atoms with van der Waals surface area (Å²) >= 11 is 7.14. The maximum absolute atomic E-state index is 3.61. The van der Waals surface area contributed by atoms with E-state index < -0.39 is 0 Å². The van der Waals surface area contributed by atoms with E-state index in [1.807, 2.05) is 24.3 Å². The van der Waals surface area contributed by atoms with Gasteiger partial charge >= 0.3 is 0 Å². The minimum atomic E-state index is 1.07. The van der Waals surface area contributed by atoms with Crippen LogP contribution in [0, 0.1) is 0 Å². The Bertz CT molecular complexity index is 1070. The molecule has 0 saturated heterocycles. The van der Waals surface area contributed by atoms with E-state index in [1.54, 1.807) is 0 Å². The molecule has 0 radical (unpaired) electrons. The molecule has 4 rings (SSSR count). The van der Waals surface area contributed by atoms with Crippen molar-refractivity contribution in [2.75, 3.05) is 4.90 Å². The molecule has 4 aromatic carbocycles. The summed E-state index contributed by atoms with van der Waals surface area (Å²) in [5.41, 5.74) is 5.70. The molecule has 4 aromatic rings. The molecule has 0 aliphatic heterocycles. The highest BCUT2D eigenvalue weighted by Crippen LogP contribution is 2.34. The summed E-state index contributed by atoms with van der Waals surface area (Å²) in [6.07, 6.45) is 4.25. The van der Waals surface area contributed by atoms with Crippen LogP contribution in [0.25, 0.3) is 12.2 Å². The highest BCUT2D eigenvalue weighted by molar-refractivity contribution is 9.11. The van der Waals surface area contributed by atoms with Gasteiger partial charge in [-0.1, -0.05) is 92.5 Å². The zero-order chi connectivity index (χ0) is 20.1. The van der Waals surface area contributed by atoms with Gasteiger partial charge in [-0.2, -0.15) is 0 Å². The Labute approximate surface area is 188 Å². The average Bonchev–Trinajstić information content (AvgIpc) is 2.77.